The Morgan fingerprint density at radius 3 is 2.14 bits per heavy atom. The number of Topliss-reactive ketones (excluding diaryl/α,β-unsaturated/α-hetero) is 2. The zero-order chi connectivity index (χ0) is 16.1. The topological polar surface area (TPSA) is 63.2 Å². The summed E-state index contributed by atoms with van der Waals surface area (Å²) >= 11 is 3.01. The molecule has 5 heteroatoms. The van der Waals surface area contributed by atoms with Crippen molar-refractivity contribution in [2.24, 2.45) is 0 Å². The van der Waals surface area contributed by atoms with Crippen LogP contribution in [0.4, 0.5) is 5.69 Å². The fourth-order valence-corrected chi connectivity index (χ4v) is 2.28. The van der Waals surface area contributed by atoms with Crippen LogP contribution in [0.25, 0.3) is 0 Å². The van der Waals surface area contributed by atoms with Crippen LogP contribution in [0.5, 0.6) is 0 Å². The van der Waals surface area contributed by atoms with E-state index in [0.717, 1.165) is 5.56 Å². The van der Waals surface area contributed by atoms with Crippen molar-refractivity contribution in [2.75, 3.05) is 5.32 Å². The molecule has 0 fully saturated rings. The van der Waals surface area contributed by atoms with Crippen LogP contribution in [0.3, 0.4) is 0 Å². The zero-order valence-corrected chi connectivity index (χ0v) is 13.5. The van der Waals surface area contributed by atoms with Gasteiger partial charge in [-0.25, -0.2) is 0 Å². The summed E-state index contributed by atoms with van der Waals surface area (Å²) in [6.07, 6.45) is 0. The molecule has 1 unspecified atom stereocenters. The van der Waals surface area contributed by atoms with Gasteiger partial charge in [0.2, 0.25) is 5.78 Å². The molecular formula is C17H14BrNO3. The molecule has 0 heterocycles. The molecule has 4 nitrogen and oxygen atoms in total. The van der Waals surface area contributed by atoms with Crippen molar-refractivity contribution in [1.29, 1.82) is 0 Å². The van der Waals surface area contributed by atoms with Crippen LogP contribution in [0.1, 0.15) is 15.9 Å². The third-order valence-electron chi connectivity index (χ3n) is 3.05. The lowest BCUT2D eigenvalue weighted by molar-refractivity contribution is -0.133. The number of carbonyl (C=O) groups excluding carboxylic acids is 3. The van der Waals surface area contributed by atoms with Crippen molar-refractivity contribution in [3.63, 3.8) is 0 Å². The first-order chi connectivity index (χ1) is 10.5. The van der Waals surface area contributed by atoms with Gasteiger partial charge in [-0.3, -0.25) is 14.4 Å². The zero-order valence-electron chi connectivity index (χ0n) is 11.9. The Morgan fingerprint density at radius 1 is 0.955 bits per heavy atom. The number of nitrogens with one attached hydrogen (secondary N) is 1. The summed E-state index contributed by atoms with van der Waals surface area (Å²) in [5, 5.41) is 2.49. The van der Waals surface area contributed by atoms with E-state index < -0.39 is 22.3 Å². The highest BCUT2D eigenvalue weighted by Gasteiger charge is 2.29. The predicted molar refractivity (Wildman–Crippen MR) is 88.3 cm³/mol. The molecule has 0 aromatic heterocycles. The first-order valence-corrected chi connectivity index (χ1v) is 7.56. The molecule has 0 bridgehead atoms. The Hall–Kier alpha value is -2.27. The van der Waals surface area contributed by atoms with Gasteiger partial charge in [-0.05, 0) is 19.1 Å². The minimum absolute atomic E-state index is 0.376. The number of carbonyl (C=O) groups is 3. The third kappa shape index (κ3) is 3.89. The average molecular weight is 360 g/mol. The number of alkyl halides is 1. The third-order valence-corrected chi connectivity index (χ3v) is 3.88. The Morgan fingerprint density at radius 2 is 1.55 bits per heavy atom. The summed E-state index contributed by atoms with van der Waals surface area (Å²) in [6.45, 7) is 1.92. The van der Waals surface area contributed by atoms with Crippen LogP contribution in [0, 0.1) is 6.92 Å². The van der Waals surface area contributed by atoms with Gasteiger partial charge in [0.25, 0.3) is 5.91 Å². The molecule has 0 aliphatic rings. The highest BCUT2D eigenvalue weighted by atomic mass is 79.9. The van der Waals surface area contributed by atoms with E-state index in [1.54, 1.807) is 42.5 Å². The van der Waals surface area contributed by atoms with Crippen LogP contribution >= 0.6 is 15.9 Å². The van der Waals surface area contributed by atoms with Crippen molar-refractivity contribution in [3.05, 3.63) is 65.7 Å². The number of anilines is 1. The van der Waals surface area contributed by atoms with Crippen molar-refractivity contribution < 1.29 is 14.4 Å². The van der Waals surface area contributed by atoms with Gasteiger partial charge in [-0.15, -0.1) is 0 Å². The molecule has 0 aliphatic carbocycles. The molecule has 22 heavy (non-hydrogen) atoms. The Balaban J connectivity index is 2.05. The van der Waals surface area contributed by atoms with E-state index >= 15 is 0 Å². The van der Waals surface area contributed by atoms with Gasteiger partial charge in [-0.2, -0.15) is 0 Å². The van der Waals surface area contributed by atoms with Gasteiger partial charge < -0.3 is 5.32 Å². The Labute approximate surface area is 136 Å². The standard InChI is InChI=1S/C17H14BrNO3/c1-11-7-9-13(10-8-11)19-17(22)16(21)14(18)15(20)12-5-3-2-4-6-12/h2-10,14H,1H3,(H,19,22). The number of rotatable bonds is 5. The average Bonchev–Trinajstić information content (AvgIpc) is 2.55. The summed E-state index contributed by atoms with van der Waals surface area (Å²) < 4.78 is 0. The van der Waals surface area contributed by atoms with Gasteiger partial charge in [-0.1, -0.05) is 64.0 Å². The van der Waals surface area contributed by atoms with Gasteiger partial charge in [0.1, 0.15) is 4.83 Å². The van der Waals surface area contributed by atoms with Gasteiger partial charge >= 0.3 is 0 Å². The van der Waals surface area contributed by atoms with Crippen molar-refractivity contribution in [1.82, 2.24) is 0 Å². The number of halogens is 1. The second-order valence-corrected chi connectivity index (χ2v) is 5.69. The summed E-state index contributed by atoms with van der Waals surface area (Å²) in [5.41, 5.74) is 1.93. The Bertz CT molecular complexity index is 696. The quantitative estimate of drug-likeness (QED) is 0.386. The normalized spacial score (nSPS) is 11.5. The number of ketones is 2. The van der Waals surface area contributed by atoms with Crippen LogP contribution in [-0.4, -0.2) is 22.3 Å². The van der Waals surface area contributed by atoms with Gasteiger partial charge in [0.15, 0.2) is 5.78 Å². The summed E-state index contributed by atoms with van der Waals surface area (Å²) in [5.74, 6) is -2.09. The first kappa shape index (κ1) is 16.1. The van der Waals surface area contributed by atoms with Gasteiger partial charge in [0, 0.05) is 11.3 Å². The van der Waals surface area contributed by atoms with Crippen LogP contribution in [0.2, 0.25) is 0 Å². The molecule has 1 amide bonds. The van der Waals surface area contributed by atoms with E-state index in [1.807, 2.05) is 19.1 Å². The smallest absolute Gasteiger partial charge is 0.293 e. The number of hydrogen-bond donors (Lipinski definition) is 1. The lowest BCUT2D eigenvalue weighted by Crippen LogP contribution is -2.34. The molecule has 0 saturated carbocycles. The first-order valence-electron chi connectivity index (χ1n) is 6.64. The monoisotopic (exact) mass is 359 g/mol. The number of hydrogen-bond acceptors (Lipinski definition) is 3. The van der Waals surface area contributed by atoms with Crippen molar-refractivity contribution in [3.8, 4) is 0 Å². The predicted octanol–water partition coefficient (Wildman–Crippen LogP) is 3.15. The van der Waals surface area contributed by atoms with E-state index in [4.69, 9.17) is 0 Å². The highest BCUT2D eigenvalue weighted by molar-refractivity contribution is 9.10. The number of aryl methyl sites for hydroxylation is 1. The van der Waals surface area contributed by atoms with E-state index in [1.165, 1.54) is 0 Å². The molecule has 1 atom stereocenters. The van der Waals surface area contributed by atoms with E-state index in [9.17, 15) is 14.4 Å². The van der Waals surface area contributed by atoms with Crippen LogP contribution in [0.15, 0.2) is 54.6 Å². The van der Waals surface area contributed by atoms with E-state index in [0.29, 0.717) is 11.3 Å². The maximum absolute atomic E-state index is 12.1. The minimum Gasteiger partial charge on any atom is -0.319 e. The second-order valence-electron chi connectivity index (χ2n) is 4.78. The summed E-state index contributed by atoms with van der Waals surface area (Å²) in [7, 11) is 0. The maximum Gasteiger partial charge on any atom is 0.293 e. The van der Waals surface area contributed by atoms with Crippen molar-refractivity contribution >= 4 is 39.1 Å². The number of amides is 1. The second kappa shape index (κ2) is 7.13. The fourth-order valence-electron chi connectivity index (χ4n) is 1.81. The lowest BCUT2D eigenvalue weighted by atomic mass is 10.1. The summed E-state index contributed by atoms with van der Waals surface area (Å²) in [4.78, 5) is 34.9. The molecule has 2 aromatic rings. The molecule has 112 valence electrons. The van der Waals surface area contributed by atoms with Crippen molar-refractivity contribution in [2.45, 2.75) is 11.8 Å². The molecular weight excluding hydrogens is 346 g/mol. The minimum atomic E-state index is -1.19. The van der Waals surface area contributed by atoms with E-state index in [2.05, 4.69) is 21.2 Å². The number of benzene rings is 2. The molecule has 0 radical (unpaired) electrons. The fraction of sp³-hybridized carbons (Fsp3) is 0.118. The van der Waals surface area contributed by atoms with Gasteiger partial charge in [0.05, 0.1) is 0 Å². The van der Waals surface area contributed by atoms with Crippen LogP contribution < -0.4 is 5.32 Å². The largest absolute Gasteiger partial charge is 0.319 e. The molecule has 2 rings (SSSR count). The molecule has 0 spiro atoms. The SMILES string of the molecule is Cc1ccc(NC(=O)C(=O)C(Br)C(=O)c2ccccc2)cc1. The Kier molecular flexibility index (Phi) is 5.22. The molecule has 2 aromatic carbocycles. The van der Waals surface area contributed by atoms with Crippen LogP contribution in [-0.2, 0) is 9.59 Å². The highest BCUT2D eigenvalue weighted by Crippen LogP contribution is 2.13. The molecule has 1 N–H and O–H groups in total. The summed E-state index contributed by atoms with van der Waals surface area (Å²) in [6, 6.07) is 15.4. The molecule has 0 saturated heterocycles. The molecule has 0 aliphatic heterocycles. The maximum atomic E-state index is 12.1. The van der Waals surface area contributed by atoms with E-state index in [-0.39, 0.29) is 0 Å². The lowest BCUT2D eigenvalue weighted by Gasteiger charge is -2.09.